The third-order valence-corrected chi connectivity index (χ3v) is 6.00. The van der Waals surface area contributed by atoms with E-state index >= 15 is 0 Å². The first-order valence-corrected chi connectivity index (χ1v) is 10.3. The predicted octanol–water partition coefficient (Wildman–Crippen LogP) is 1.59. The van der Waals surface area contributed by atoms with E-state index in [0.717, 1.165) is 17.9 Å². The van der Waals surface area contributed by atoms with Crippen LogP contribution in [-0.4, -0.2) is 58.8 Å². The summed E-state index contributed by atoms with van der Waals surface area (Å²) in [6.07, 6.45) is 0.879. The molecule has 0 bridgehead atoms. The van der Waals surface area contributed by atoms with Crippen molar-refractivity contribution in [2.45, 2.75) is 25.9 Å². The van der Waals surface area contributed by atoms with Gasteiger partial charge in [-0.2, -0.15) is 0 Å². The van der Waals surface area contributed by atoms with Gasteiger partial charge in [-0.1, -0.05) is 0 Å². The van der Waals surface area contributed by atoms with Gasteiger partial charge in [-0.15, -0.1) is 22.7 Å². The van der Waals surface area contributed by atoms with Crippen molar-refractivity contribution < 1.29 is 9.59 Å². The van der Waals surface area contributed by atoms with Crippen LogP contribution in [0.25, 0.3) is 0 Å². The second-order valence-corrected chi connectivity index (χ2v) is 8.19. The van der Waals surface area contributed by atoms with Crippen molar-refractivity contribution in [2.75, 3.05) is 27.2 Å². The summed E-state index contributed by atoms with van der Waals surface area (Å²) in [4.78, 5) is 37.7. The second kappa shape index (κ2) is 8.24. The molecule has 1 N–H and O–H groups in total. The summed E-state index contributed by atoms with van der Waals surface area (Å²) in [6, 6.07) is 0. The van der Waals surface area contributed by atoms with Gasteiger partial charge in [0.05, 0.1) is 40.9 Å². The van der Waals surface area contributed by atoms with Crippen LogP contribution in [-0.2, 0) is 22.7 Å². The molecule has 1 saturated heterocycles. The molecule has 2 aromatic heterocycles. The van der Waals surface area contributed by atoms with Crippen LogP contribution in [0.5, 0.6) is 0 Å². The number of hydrogen-bond donors (Lipinski definition) is 1. The van der Waals surface area contributed by atoms with Crippen LogP contribution < -0.4 is 5.32 Å². The topological polar surface area (TPSA) is 78.4 Å². The van der Waals surface area contributed by atoms with E-state index < -0.39 is 5.41 Å². The molecule has 1 fully saturated rings. The maximum Gasteiger partial charge on any atom is 0.230 e. The van der Waals surface area contributed by atoms with Crippen LogP contribution in [0, 0.1) is 5.41 Å². The van der Waals surface area contributed by atoms with Gasteiger partial charge in [0.2, 0.25) is 11.8 Å². The fourth-order valence-corrected chi connectivity index (χ4v) is 4.36. The van der Waals surface area contributed by atoms with E-state index in [1.807, 2.05) is 10.8 Å². The van der Waals surface area contributed by atoms with E-state index in [4.69, 9.17) is 0 Å². The number of thiazole rings is 2. The lowest BCUT2D eigenvalue weighted by Gasteiger charge is -2.32. The number of rotatable bonds is 7. The first kappa shape index (κ1) is 18.9. The Balaban J connectivity index is 1.66. The lowest BCUT2D eigenvalue weighted by molar-refractivity contribution is -0.146. The lowest BCUT2D eigenvalue weighted by Crippen LogP contribution is -2.46. The first-order chi connectivity index (χ1) is 12.5. The molecule has 0 radical (unpaired) electrons. The molecule has 0 aliphatic carbocycles. The van der Waals surface area contributed by atoms with Crippen LogP contribution in [0.4, 0.5) is 0 Å². The fourth-order valence-electron chi connectivity index (χ4n) is 3.26. The van der Waals surface area contributed by atoms with Gasteiger partial charge in [-0.05, 0) is 13.0 Å². The van der Waals surface area contributed by atoms with Crippen LogP contribution in [0.2, 0.25) is 0 Å². The summed E-state index contributed by atoms with van der Waals surface area (Å²) in [7, 11) is 3.55. The fraction of sp³-hybridized carbons (Fsp3) is 0.529. The summed E-state index contributed by atoms with van der Waals surface area (Å²) < 4.78 is 0. The Hall–Kier alpha value is -1.84. The van der Waals surface area contributed by atoms with Gasteiger partial charge < -0.3 is 15.1 Å². The highest BCUT2D eigenvalue weighted by Gasteiger charge is 2.45. The van der Waals surface area contributed by atoms with Crippen LogP contribution in [0.3, 0.4) is 0 Å². The number of amides is 2. The van der Waals surface area contributed by atoms with Crippen LogP contribution in [0.15, 0.2) is 21.8 Å². The molecule has 1 aliphatic rings. The number of aromatic nitrogens is 2. The van der Waals surface area contributed by atoms with Gasteiger partial charge in [-0.3, -0.25) is 9.59 Å². The molecule has 140 valence electrons. The van der Waals surface area contributed by atoms with Gasteiger partial charge in [-0.25, -0.2) is 9.97 Å². The van der Waals surface area contributed by atoms with E-state index in [2.05, 4.69) is 15.3 Å². The highest BCUT2D eigenvalue weighted by Crippen LogP contribution is 2.33. The summed E-state index contributed by atoms with van der Waals surface area (Å²) in [6.45, 7) is 2.21. The van der Waals surface area contributed by atoms with Gasteiger partial charge in [0.15, 0.2) is 0 Å². The number of carbonyl (C=O) groups is 2. The SMILES string of the molecule is CN(Cc1cscn1)C(=O)CC1(C(=O)N(C)Cc2cscn2)CCNC1. The zero-order chi connectivity index (χ0) is 18.6. The average molecular weight is 394 g/mol. The molecule has 1 unspecified atom stereocenters. The molecule has 26 heavy (non-hydrogen) atoms. The summed E-state index contributed by atoms with van der Waals surface area (Å²) in [5.41, 5.74) is 4.58. The van der Waals surface area contributed by atoms with Crippen molar-refractivity contribution >= 4 is 34.5 Å². The van der Waals surface area contributed by atoms with Gasteiger partial charge >= 0.3 is 0 Å². The Labute approximate surface area is 161 Å². The molecule has 1 atom stereocenters. The zero-order valence-corrected chi connectivity index (χ0v) is 16.6. The predicted molar refractivity (Wildman–Crippen MR) is 102 cm³/mol. The van der Waals surface area contributed by atoms with E-state index in [1.54, 1.807) is 34.9 Å². The Bertz CT molecular complexity index is 726. The third-order valence-electron chi connectivity index (χ3n) is 4.72. The van der Waals surface area contributed by atoms with E-state index in [9.17, 15) is 9.59 Å². The number of carbonyl (C=O) groups excluding carboxylic acids is 2. The lowest BCUT2D eigenvalue weighted by atomic mass is 9.81. The minimum absolute atomic E-state index is 0.00547. The molecule has 3 heterocycles. The Morgan fingerprint density at radius 2 is 1.73 bits per heavy atom. The van der Waals surface area contributed by atoms with E-state index in [0.29, 0.717) is 26.1 Å². The van der Waals surface area contributed by atoms with E-state index in [1.165, 1.54) is 22.7 Å². The highest BCUT2D eigenvalue weighted by molar-refractivity contribution is 7.07. The zero-order valence-electron chi connectivity index (χ0n) is 15.0. The maximum absolute atomic E-state index is 13.1. The Morgan fingerprint density at radius 1 is 1.12 bits per heavy atom. The molecule has 9 heteroatoms. The summed E-state index contributed by atoms with van der Waals surface area (Å²) in [5.74, 6) is -0.0250. The minimum Gasteiger partial charge on any atom is -0.340 e. The standard InChI is InChI=1S/C17H23N5O2S2/c1-21(6-13-8-25-11-19-13)15(23)5-17(3-4-18-10-17)16(24)22(2)7-14-9-26-12-20-14/h8-9,11-12,18H,3-7,10H2,1-2H3. The second-order valence-electron chi connectivity index (χ2n) is 6.75. The average Bonchev–Trinajstić information content (AvgIpc) is 3.37. The molecule has 0 saturated carbocycles. The van der Waals surface area contributed by atoms with Crippen molar-refractivity contribution in [1.29, 1.82) is 0 Å². The number of nitrogens with one attached hydrogen (secondary N) is 1. The molecule has 3 rings (SSSR count). The minimum atomic E-state index is -0.682. The van der Waals surface area contributed by atoms with Crippen LogP contribution >= 0.6 is 22.7 Å². The maximum atomic E-state index is 13.1. The van der Waals surface area contributed by atoms with Crippen molar-refractivity contribution in [3.05, 3.63) is 33.2 Å². The van der Waals surface area contributed by atoms with Gasteiger partial charge in [0.25, 0.3) is 0 Å². The molecule has 0 spiro atoms. The first-order valence-electron chi connectivity index (χ1n) is 8.44. The highest BCUT2D eigenvalue weighted by atomic mass is 32.1. The number of hydrogen-bond acceptors (Lipinski definition) is 7. The van der Waals surface area contributed by atoms with Crippen molar-refractivity contribution in [3.63, 3.8) is 0 Å². The molecule has 2 amide bonds. The normalized spacial score (nSPS) is 19.5. The molecular formula is C17H23N5O2S2. The summed E-state index contributed by atoms with van der Waals surface area (Å²) in [5, 5.41) is 7.13. The van der Waals surface area contributed by atoms with E-state index in [-0.39, 0.29) is 18.2 Å². The quantitative estimate of drug-likeness (QED) is 0.773. The smallest absolute Gasteiger partial charge is 0.230 e. The largest absolute Gasteiger partial charge is 0.340 e. The Kier molecular flexibility index (Phi) is 6.00. The van der Waals surface area contributed by atoms with Crippen molar-refractivity contribution in [3.8, 4) is 0 Å². The monoisotopic (exact) mass is 393 g/mol. The Morgan fingerprint density at radius 3 is 2.23 bits per heavy atom. The summed E-state index contributed by atoms with van der Waals surface area (Å²) >= 11 is 3.02. The molecule has 1 aliphatic heterocycles. The van der Waals surface area contributed by atoms with Crippen molar-refractivity contribution in [2.24, 2.45) is 5.41 Å². The molecule has 7 nitrogen and oxygen atoms in total. The van der Waals surface area contributed by atoms with Crippen LogP contribution in [0.1, 0.15) is 24.2 Å². The molecular weight excluding hydrogens is 370 g/mol. The van der Waals surface area contributed by atoms with Crippen molar-refractivity contribution in [1.82, 2.24) is 25.1 Å². The molecule has 2 aromatic rings. The molecule has 0 aromatic carbocycles. The van der Waals surface area contributed by atoms with Gasteiger partial charge in [0, 0.05) is 37.8 Å². The third kappa shape index (κ3) is 4.28. The van der Waals surface area contributed by atoms with Gasteiger partial charge in [0.1, 0.15) is 0 Å². The number of nitrogens with zero attached hydrogens (tertiary/aromatic N) is 4.